The standard InChI is InChI=1S/C26H19FN2O4/c27-20-9-5-17(6-10-20)15-31-23-11-7-18-3-1-2-4-21(18)22(23)14-28-29-26(30)19-8-12-24-25(13-19)33-16-32-24/h1-14H,15-16H2,(H,29,30)/b28-14-. The minimum Gasteiger partial charge on any atom is -0.488 e. The summed E-state index contributed by atoms with van der Waals surface area (Å²) < 4.78 is 29.8. The Hall–Kier alpha value is -4.39. The minimum atomic E-state index is -0.376. The Labute approximate surface area is 189 Å². The van der Waals surface area contributed by atoms with Gasteiger partial charge in [0, 0.05) is 11.1 Å². The molecule has 164 valence electrons. The van der Waals surface area contributed by atoms with Crippen molar-refractivity contribution < 1.29 is 23.4 Å². The largest absolute Gasteiger partial charge is 0.488 e. The lowest BCUT2D eigenvalue weighted by atomic mass is 10.0. The summed E-state index contributed by atoms with van der Waals surface area (Å²) in [5, 5.41) is 6.10. The number of carbonyl (C=O) groups is 1. The predicted molar refractivity (Wildman–Crippen MR) is 122 cm³/mol. The Morgan fingerprint density at radius 1 is 1.00 bits per heavy atom. The van der Waals surface area contributed by atoms with Gasteiger partial charge in [-0.1, -0.05) is 42.5 Å². The zero-order valence-corrected chi connectivity index (χ0v) is 17.5. The Morgan fingerprint density at radius 3 is 2.70 bits per heavy atom. The predicted octanol–water partition coefficient (Wildman–Crippen LogP) is 5.05. The Bertz CT molecular complexity index is 1350. The van der Waals surface area contributed by atoms with Gasteiger partial charge in [-0.2, -0.15) is 5.10 Å². The number of nitrogens with one attached hydrogen (secondary N) is 1. The highest BCUT2D eigenvalue weighted by molar-refractivity contribution is 6.03. The second-order valence-corrected chi connectivity index (χ2v) is 7.38. The topological polar surface area (TPSA) is 69.2 Å². The van der Waals surface area contributed by atoms with Gasteiger partial charge in [0.25, 0.3) is 5.91 Å². The van der Waals surface area contributed by atoms with E-state index in [2.05, 4.69) is 10.5 Å². The van der Waals surface area contributed by atoms with Crippen LogP contribution in [-0.4, -0.2) is 18.9 Å². The SMILES string of the molecule is O=C(N/N=C\c1c(OCc2ccc(F)cc2)ccc2ccccc12)c1ccc2c(c1)OCO2. The molecule has 33 heavy (non-hydrogen) atoms. The van der Waals surface area contributed by atoms with Gasteiger partial charge in [0.2, 0.25) is 6.79 Å². The Balaban J connectivity index is 1.37. The zero-order chi connectivity index (χ0) is 22.6. The first-order valence-corrected chi connectivity index (χ1v) is 10.3. The molecule has 4 aromatic rings. The van der Waals surface area contributed by atoms with Crippen LogP contribution in [0.2, 0.25) is 0 Å². The van der Waals surface area contributed by atoms with Crippen molar-refractivity contribution in [1.82, 2.24) is 5.43 Å². The second kappa shape index (κ2) is 9.00. The molecule has 0 fully saturated rings. The van der Waals surface area contributed by atoms with Crippen LogP contribution in [0.1, 0.15) is 21.5 Å². The molecule has 1 aliphatic heterocycles. The van der Waals surface area contributed by atoms with Gasteiger partial charge in [-0.15, -0.1) is 0 Å². The first kappa shape index (κ1) is 20.5. The van der Waals surface area contributed by atoms with Crippen molar-refractivity contribution in [3.05, 3.63) is 101 Å². The number of amides is 1. The summed E-state index contributed by atoms with van der Waals surface area (Å²) in [6.07, 6.45) is 1.56. The average molecular weight is 442 g/mol. The molecule has 6 nitrogen and oxygen atoms in total. The van der Waals surface area contributed by atoms with Crippen LogP contribution in [0.3, 0.4) is 0 Å². The first-order chi connectivity index (χ1) is 16.2. The van der Waals surface area contributed by atoms with Crippen LogP contribution in [0.4, 0.5) is 4.39 Å². The molecule has 4 aromatic carbocycles. The quantitative estimate of drug-likeness (QED) is 0.335. The number of hydrogen-bond acceptors (Lipinski definition) is 5. The molecule has 1 N–H and O–H groups in total. The van der Waals surface area contributed by atoms with Crippen LogP contribution in [-0.2, 0) is 6.61 Å². The minimum absolute atomic E-state index is 0.139. The van der Waals surface area contributed by atoms with E-state index in [0.29, 0.717) is 22.8 Å². The number of carbonyl (C=O) groups excluding carboxylic acids is 1. The molecule has 7 heteroatoms. The summed E-state index contributed by atoms with van der Waals surface area (Å²) in [6.45, 7) is 0.406. The maximum absolute atomic E-state index is 13.2. The lowest BCUT2D eigenvalue weighted by molar-refractivity contribution is 0.0954. The van der Waals surface area contributed by atoms with Crippen LogP contribution in [0.5, 0.6) is 17.2 Å². The van der Waals surface area contributed by atoms with E-state index >= 15 is 0 Å². The Kier molecular flexibility index (Phi) is 5.59. The third-order valence-electron chi connectivity index (χ3n) is 5.23. The van der Waals surface area contributed by atoms with Gasteiger partial charge >= 0.3 is 0 Å². The molecular formula is C26H19FN2O4. The summed E-state index contributed by atoms with van der Waals surface area (Å²) >= 11 is 0. The lowest BCUT2D eigenvalue weighted by Crippen LogP contribution is -2.17. The average Bonchev–Trinajstić information content (AvgIpc) is 3.32. The van der Waals surface area contributed by atoms with E-state index in [1.165, 1.54) is 12.1 Å². The van der Waals surface area contributed by atoms with Gasteiger partial charge in [0.15, 0.2) is 11.5 Å². The highest BCUT2D eigenvalue weighted by atomic mass is 19.1. The lowest BCUT2D eigenvalue weighted by Gasteiger charge is -2.12. The van der Waals surface area contributed by atoms with Gasteiger partial charge < -0.3 is 14.2 Å². The molecule has 1 amide bonds. The van der Waals surface area contributed by atoms with Gasteiger partial charge in [-0.3, -0.25) is 4.79 Å². The maximum Gasteiger partial charge on any atom is 0.271 e. The molecule has 0 aliphatic carbocycles. The smallest absolute Gasteiger partial charge is 0.271 e. The van der Waals surface area contributed by atoms with E-state index in [1.807, 2.05) is 36.4 Å². The normalized spacial score (nSPS) is 12.3. The highest BCUT2D eigenvalue weighted by Crippen LogP contribution is 2.32. The molecule has 0 spiro atoms. The molecule has 0 bridgehead atoms. The monoisotopic (exact) mass is 442 g/mol. The van der Waals surface area contributed by atoms with E-state index in [1.54, 1.807) is 36.5 Å². The fraction of sp³-hybridized carbons (Fsp3) is 0.0769. The molecule has 5 rings (SSSR count). The molecule has 1 heterocycles. The van der Waals surface area contributed by atoms with Crippen LogP contribution in [0.25, 0.3) is 10.8 Å². The molecule has 0 aromatic heterocycles. The molecule has 0 saturated heterocycles. The number of rotatable bonds is 6. The molecule has 0 radical (unpaired) electrons. The van der Waals surface area contributed by atoms with Gasteiger partial charge in [-0.05, 0) is 52.7 Å². The van der Waals surface area contributed by atoms with Crippen LogP contribution < -0.4 is 19.6 Å². The number of halogens is 1. The van der Waals surface area contributed by atoms with Crippen LogP contribution >= 0.6 is 0 Å². The number of hydrazone groups is 1. The van der Waals surface area contributed by atoms with E-state index in [-0.39, 0.29) is 25.1 Å². The molecule has 0 saturated carbocycles. The summed E-state index contributed by atoms with van der Waals surface area (Å²) in [5.41, 5.74) is 4.51. The fourth-order valence-electron chi connectivity index (χ4n) is 3.53. The molecular weight excluding hydrogens is 423 g/mol. The first-order valence-electron chi connectivity index (χ1n) is 10.3. The van der Waals surface area contributed by atoms with Gasteiger partial charge in [-0.25, -0.2) is 9.82 Å². The number of hydrogen-bond donors (Lipinski definition) is 1. The number of fused-ring (bicyclic) bond motifs is 2. The van der Waals surface area contributed by atoms with Crippen LogP contribution in [0.15, 0.2) is 84.0 Å². The number of nitrogens with zero attached hydrogens (tertiary/aromatic N) is 1. The fourth-order valence-corrected chi connectivity index (χ4v) is 3.53. The van der Waals surface area contributed by atoms with E-state index in [9.17, 15) is 9.18 Å². The summed E-state index contributed by atoms with van der Waals surface area (Å²) in [6, 6.07) is 22.7. The van der Waals surface area contributed by atoms with Gasteiger partial charge in [0.1, 0.15) is 18.2 Å². The van der Waals surface area contributed by atoms with E-state index in [0.717, 1.165) is 21.9 Å². The number of benzene rings is 4. The van der Waals surface area contributed by atoms with Crippen molar-refractivity contribution in [3.8, 4) is 17.2 Å². The molecule has 1 aliphatic rings. The summed E-state index contributed by atoms with van der Waals surface area (Å²) in [5.74, 6) is 1.05. The molecule has 0 unspecified atom stereocenters. The summed E-state index contributed by atoms with van der Waals surface area (Å²) in [7, 11) is 0. The summed E-state index contributed by atoms with van der Waals surface area (Å²) in [4.78, 5) is 12.5. The van der Waals surface area contributed by atoms with Crippen LogP contribution in [0, 0.1) is 5.82 Å². The van der Waals surface area contributed by atoms with E-state index in [4.69, 9.17) is 14.2 Å². The van der Waals surface area contributed by atoms with Crippen molar-refractivity contribution in [2.45, 2.75) is 6.61 Å². The van der Waals surface area contributed by atoms with E-state index < -0.39 is 0 Å². The van der Waals surface area contributed by atoms with Crippen molar-refractivity contribution in [2.24, 2.45) is 5.10 Å². The van der Waals surface area contributed by atoms with Gasteiger partial charge in [0.05, 0.1) is 6.21 Å². The number of ether oxygens (including phenoxy) is 3. The van der Waals surface area contributed by atoms with Crippen molar-refractivity contribution in [1.29, 1.82) is 0 Å². The maximum atomic E-state index is 13.2. The highest BCUT2D eigenvalue weighted by Gasteiger charge is 2.16. The van der Waals surface area contributed by atoms with Crippen molar-refractivity contribution in [3.63, 3.8) is 0 Å². The second-order valence-electron chi connectivity index (χ2n) is 7.38. The van der Waals surface area contributed by atoms with Crippen molar-refractivity contribution >= 4 is 22.9 Å². The Morgan fingerprint density at radius 2 is 1.82 bits per heavy atom. The third kappa shape index (κ3) is 4.48. The molecule has 0 atom stereocenters. The third-order valence-corrected chi connectivity index (χ3v) is 5.23. The van der Waals surface area contributed by atoms with Crippen molar-refractivity contribution in [2.75, 3.05) is 6.79 Å². The zero-order valence-electron chi connectivity index (χ0n) is 17.5.